The smallest absolute Gasteiger partial charge is 0.262 e. The standard InChI is InChI=1S/C20H20N6O4/c21-14-9-22-25-7-1-6-24(18(14)25)10-11-2-3-12-13(8-11)20(30)26(19(12)29)15-4-5-16(27)23-17(15)28/h2-3,8-9,15H,1,4-7,10,21H2,(H,23,27,28). The lowest BCUT2D eigenvalue weighted by atomic mass is 10.0. The maximum atomic E-state index is 13.0. The molecule has 1 atom stereocenters. The lowest BCUT2D eigenvalue weighted by Gasteiger charge is -2.30. The number of hydrogen-bond donors (Lipinski definition) is 2. The van der Waals surface area contributed by atoms with Gasteiger partial charge in [-0.05, 0) is 30.5 Å². The molecular weight excluding hydrogens is 388 g/mol. The van der Waals surface area contributed by atoms with Crippen molar-refractivity contribution in [2.75, 3.05) is 17.2 Å². The molecule has 3 N–H and O–H groups in total. The highest BCUT2D eigenvalue weighted by Gasteiger charge is 2.44. The van der Waals surface area contributed by atoms with Gasteiger partial charge in [-0.25, -0.2) is 4.68 Å². The van der Waals surface area contributed by atoms with E-state index in [-0.39, 0.29) is 24.0 Å². The van der Waals surface area contributed by atoms with E-state index in [2.05, 4.69) is 15.3 Å². The van der Waals surface area contributed by atoms with E-state index in [1.807, 2.05) is 10.7 Å². The first-order valence-electron chi connectivity index (χ1n) is 9.85. The molecule has 3 aliphatic heterocycles. The van der Waals surface area contributed by atoms with Gasteiger partial charge >= 0.3 is 0 Å². The number of benzene rings is 1. The van der Waals surface area contributed by atoms with Crippen LogP contribution in [0, 0.1) is 0 Å². The van der Waals surface area contributed by atoms with Gasteiger partial charge in [0, 0.05) is 26.1 Å². The van der Waals surface area contributed by atoms with Gasteiger partial charge in [-0.3, -0.25) is 29.4 Å². The number of nitrogen functional groups attached to an aromatic ring is 1. The molecule has 5 rings (SSSR count). The van der Waals surface area contributed by atoms with Gasteiger partial charge in [-0.15, -0.1) is 0 Å². The number of imide groups is 2. The summed E-state index contributed by atoms with van der Waals surface area (Å²) < 4.78 is 1.87. The second-order valence-electron chi connectivity index (χ2n) is 7.75. The first-order chi connectivity index (χ1) is 14.4. The van der Waals surface area contributed by atoms with E-state index in [4.69, 9.17) is 5.73 Å². The number of anilines is 2. The van der Waals surface area contributed by atoms with Gasteiger partial charge in [-0.1, -0.05) is 6.07 Å². The van der Waals surface area contributed by atoms with Crippen molar-refractivity contribution in [2.24, 2.45) is 0 Å². The Kier molecular flexibility index (Phi) is 4.09. The Labute approximate surface area is 171 Å². The van der Waals surface area contributed by atoms with Crippen LogP contribution in [0.15, 0.2) is 24.4 Å². The number of nitrogens with two attached hydrogens (primary N) is 1. The number of rotatable bonds is 3. The summed E-state index contributed by atoms with van der Waals surface area (Å²) in [6.45, 7) is 2.13. The zero-order valence-corrected chi connectivity index (χ0v) is 16.1. The van der Waals surface area contributed by atoms with Crippen LogP contribution in [-0.2, 0) is 22.7 Å². The van der Waals surface area contributed by atoms with Gasteiger partial charge in [0.2, 0.25) is 11.8 Å². The molecule has 3 aliphatic rings. The van der Waals surface area contributed by atoms with E-state index in [0.717, 1.165) is 35.8 Å². The van der Waals surface area contributed by atoms with Gasteiger partial charge in [-0.2, -0.15) is 5.10 Å². The molecule has 4 heterocycles. The number of hydrogen-bond acceptors (Lipinski definition) is 7. The number of nitrogens with one attached hydrogen (secondary N) is 1. The molecule has 4 amide bonds. The maximum Gasteiger partial charge on any atom is 0.262 e. The summed E-state index contributed by atoms with van der Waals surface area (Å²) in [6, 6.07) is 4.17. The second kappa shape index (κ2) is 6.68. The summed E-state index contributed by atoms with van der Waals surface area (Å²) in [5, 5.41) is 6.49. The molecule has 0 spiro atoms. The predicted molar refractivity (Wildman–Crippen MR) is 105 cm³/mol. The number of nitrogens with zero attached hydrogens (tertiary/aromatic N) is 4. The SMILES string of the molecule is Nc1cnn2c1N(Cc1ccc3c(c1)C(=O)N(C1CCC(=O)NC1=O)C3=O)CCC2. The largest absolute Gasteiger partial charge is 0.394 e. The molecule has 1 saturated heterocycles. The van der Waals surface area contributed by atoms with Crippen molar-refractivity contribution in [1.29, 1.82) is 0 Å². The van der Waals surface area contributed by atoms with Crippen molar-refractivity contribution in [1.82, 2.24) is 20.0 Å². The van der Waals surface area contributed by atoms with Crippen molar-refractivity contribution in [3.05, 3.63) is 41.1 Å². The number of carbonyl (C=O) groups excluding carboxylic acids is 4. The summed E-state index contributed by atoms with van der Waals surface area (Å²) >= 11 is 0. The molecule has 1 aromatic carbocycles. The van der Waals surface area contributed by atoms with E-state index < -0.39 is 29.7 Å². The van der Waals surface area contributed by atoms with Crippen LogP contribution in [-0.4, -0.2) is 50.9 Å². The summed E-state index contributed by atoms with van der Waals surface area (Å²) in [7, 11) is 0. The predicted octanol–water partition coefficient (Wildman–Crippen LogP) is 0.277. The van der Waals surface area contributed by atoms with E-state index in [1.165, 1.54) is 0 Å². The molecule has 10 heteroatoms. The first kappa shape index (κ1) is 18.3. The Morgan fingerprint density at radius 2 is 1.90 bits per heavy atom. The van der Waals surface area contributed by atoms with Crippen LogP contribution in [0.2, 0.25) is 0 Å². The second-order valence-corrected chi connectivity index (χ2v) is 7.75. The number of aromatic nitrogens is 2. The van der Waals surface area contributed by atoms with Gasteiger partial charge in [0.15, 0.2) is 5.82 Å². The number of fused-ring (bicyclic) bond motifs is 2. The van der Waals surface area contributed by atoms with Crippen molar-refractivity contribution in [2.45, 2.75) is 38.4 Å². The Morgan fingerprint density at radius 1 is 1.10 bits per heavy atom. The van der Waals surface area contributed by atoms with E-state index >= 15 is 0 Å². The average molecular weight is 408 g/mol. The molecule has 0 saturated carbocycles. The van der Waals surface area contributed by atoms with E-state index in [1.54, 1.807) is 18.3 Å². The number of piperidine rings is 1. The lowest BCUT2D eigenvalue weighted by molar-refractivity contribution is -0.136. The maximum absolute atomic E-state index is 13.0. The first-order valence-corrected chi connectivity index (χ1v) is 9.85. The summed E-state index contributed by atoms with van der Waals surface area (Å²) in [4.78, 5) is 52.5. The van der Waals surface area contributed by atoms with Crippen LogP contribution in [0.5, 0.6) is 0 Å². The van der Waals surface area contributed by atoms with Crippen LogP contribution in [0.1, 0.15) is 45.5 Å². The molecule has 10 nitrogen and oxygen atoms in total. The summed E-state index contributed by atoms with van der Waals surface area (Å²) in [5.41, 5.74) is 8.08. The van der Waals surface area contributed by atoms with Crippen LogP contribution in [0.4, 0.5) is 11.5 Å². The average Bonchev–Trinajstić information content (AvgIpc) is 3.21. The van der Waals surface area contributed by atoms with Crippen LogP contribution in [0.3, 0.4) is 0 Å². The topological polar surface area (TPSA) is 131 Å². The highest BCUT2D eigenvalue weighted by molar-refractivity contribution is 6.23. The number of aryl methyl sites for hydroxylation is 1. The fraction of sp³-hybridized carbons (Fsp3) is 0.350. The molecule has 1 fully saturated rings. The van der Waals surface area contributed by atoms with Crippen LogP contribution in [0.25, 0.3) is 0 Å². The molecule has 154 valence electrons. The minimum absolute atomic E-state index is 0.0964. The molecule has 1 aromatic heterocycles. The van der Waals surface area contributed by atoms with Crippen molar-refractivity contribution < 1.29 is 19.2 Å². The van der Waals surface area contributed by atoms with E-state index in [9.17, 15) is 19.2 Å². The van der Waals surface area contributed by atoms with Gasteiger partial charge in [0.1, 0.15) is 6.04 Å². The molecule has 0 radical (unpaired) electrons. The summed E-state index contributed by atoms with van der Waals surface area (Å²) in [6.07, 6.45) is 2.80. The van der Waals surface area contributed by atoms with Gasteiger partial charge in [0.25, 0.3) is 11.8 Å². The number of amides is 4. The fourth-order valence-electron chi connectivity index (χ4n) is 4.41. The minimum Gasteiger partial charge on any atom is -0.394 e. The highest BCUT2D eigenvalue weighted by atomic mass is 16.2. The molecule has 0 bridgehead atoms. The van der Waals surface area contributed by atoms with Crippen LogP contribution >= 0.6 is 0 Å². The Bertz CT molecular complexity index is 1110. The fourth-order valence-corrected chi connectivity index (χ4v) is 4.41. The monoisotopic (exact) mass is 408 g/mol. The third-order valence-electron chi connectivity index (χ3n) is 5.81. The Hall–Kier alpha value is -3.69. The molecule has 30 heavy (non-hydrogen) atoms. The van der Waals surface area contributed by atoms with Gasteiger partial charge < -0.3 is 10.6 Å². The zero-order valence-electron chi connectivity index (χ0n) is 16.1. The van der Waals surface area contributed by atoms with Crippen molar-refractivity contribution in [3.63, 3.8) is 0 Å². The Morgan fingerprint density at radius 3 is 2.70 bits per heavy atom. The summed E-state index contributed by atoms with van der Waals surface area (Å²) in [5.74, 6) is -1.16. The molecule has 2 aromatic rings. The number of carbonyl (C=O) groups is 4. The van der Waals surface area contributed by atoms with E-state index in [0.29, 0.717) is 12.2 Å². The quantitative estimate of drug-likeness (QED) is 0.698. The van der Waals surface area contributed by atoms with Gasteiger partial charge in [0.05, 0.1) is 23.0 Å². The Balaban J connectivity index is 1.41. The molecular formula is C20H20N6O4. The zero-order chi connectivity index (χ0) is 21.0. The lowest BCUT2D eigenvalue weighted by Crippen LogP contribution is -2.54. The third kappa shape index (κ3) is 2.75. The minimum atomic E-state index is -0.963. The van der Waals surface area contributed by atoms with Crippen molar-refractivity contribution >= 4 is 35.1 Å². The van der Waals surface area contributed by atoms with Crippen molar-refractivity contribution in [3.8, 4) is 0 Å². The third-order valence-corrected chi connectivity index (χ3v) is 5.81. The normalized spacial score (nSPS) is 21.0. The molecule has 0 aliphatic carbocycles. The highest BCUT2D eigenvalue weighted by Crippen LogP contribution is 2.31. The van der Waals surface area contributed by atoms with Crippen LogP contribution < -0.4 is 16.0 Å². The molecule has 1 unspecified atom stereocenters.